The SMILES string of the molecule is CCOC(=O)C(C=NC1CC1F)=C(O)c1cc(F)c(F)c(OC(C)=O)c1F. The molecule has 1 aromatic rings. The molecule has 27 heavy (non-hydrogen) atoms. The van der Waals surface area contributed by atoms with E-state index in [9.17, 15) is 32.3 Å². The van der Waals surface area contributed by atoms with E-state index in [-0.39, 0.29) is 19.1 Å². The number of carbonyl (C=O) groups is 2. The summed E-state index contributed by atoms with van der Waals surface area (Å²) >= 11 is 0. The Hall–Kier alpha value is -2.91. The third kappa shape index (κ3) is 4.63. The highest BCUT2D eigenvalue weighted by Crippen LogP contribution is 2.32. The standard InChI is InChI=1S/C17H15F4NO5/c1-3-26-17(25)9(6-22-12-5-10(12)18)15(24)8-4-11(19)14(21)16(13(8)20)27-7(2)23/h4,6,10,12,24H,3,5H2,1-2H3. The van der Waals surface area contributed by atoms with Crippen molar-refractivity contribution in [3.63, 3.8) is 0 Å². The zero-order valence-corrected chi connectivity index (χ0v) is 14.3. The second-order valence-electron chi connectivity index (χ2n) is 5.54. The Balaban J connectivity index is 2.58. The second-order valence-corrected chi connectivity index (χ2v) is 5.54. The van der Waals surface area contributed by atoms with Crippen LogP contribution in [-0.4, -0.2) is 42.1 Å². The number of aliphatic hydroxyl groups is 1. The lowest BCUT2D eigenvalue weighted by Crippen LogP contribution is -2.13. The van der Waals surface area contributed by atoms with E-state index in [1.165, 1.54) is 6.92 Å². The Labute approximate surface area is 151 Å². The van der Waals surface area contributed by atoms with Crippen molar-refractivity contribution in [2.75, 3.05) is 6.61 Å². The van der Waals surface area contributed by atoms with Gasteiger partial charge >= 0.3 is 11.9 Å². The summed E-state index contributed by atoms with van der Waals surface area (Å²) in [5, 5.41) is 10.3. The largest absolute Gasteiger partial charge is 0.506 e. The summed E-state index contributed by atoms with van der Waals surface area (Å²) < 4.78 is 63.8. The smallest absolute Gasteiger partial charge is 0.343 e. The molecule has 0 aliphatic heterocycles. The fourth-order valence-electron chi connectivity index (χ4n) is 2.03. The lowest BCUT2D eigenvalue weighted by molar-refractivity contribution is -0.138. The van der Waals surface area contributed by atoms with Crippen molar-refractivity contribution < 1.29 is 41.7 Å². The molecule has 0 radical (unpaired) electrons. The maximum Gasteiger partial charge on any atom is 0.343 e. The molecule has 0 bridgehead atoms. The number of benzene rings is 1. The number of rotatable bonds is 6. The van der Waals surface area contributed by atoms with Crippen LogP contribution in [0.1, 0.15) is 25.8 Å². The van der Waals surface area contributed by atoms with Crippen LogP contribution in [0, 0.1) is 17.5 Å². The maximum atomic E-state index is 14.5. The molecule has 1 aliphatic rings. The molecule has 2 rings (SSSR count). The number of aliphatic hydroxyl groups excluding tert-OH is 1. The van der Waals surface area contributed by atoms with E-state index in [2.05, 4.69) is 9.73 Å². The van der Waals surface area contributed by atoms with Crippen LogP contribution in [0.3, 0.4) is 0 Å². The van der Waals surface area contributed by atoms with Crippen LogP contribution in [-0.2, 0) is 14.3 Å². The van der Waals surface area contributed by atoms with Crippen molar-refractivity contribution in [2.24, 2.45) is 4.99 Å². The van der Waals surface area contributed by atoms with Crippen molar-refractivity contribution in [3.8, 4) is 5.75 Å². The van der Waals surface area contributed by atoms with Gasteiger partial charge in [-0.15, -0.1) is 0 Å². The van der Waals surface area contributed by atoms with Crippen LogP contribution in [0.5, 0.6) is 5.75 Å². The number of carbonyl (C=O) groups excluding carboxylic acids is 2. The minimum absolute atomic E-state index is 0.114. The Bertz CT molecular complexity index is 837. The van der Waals surface area contributed by atoms with E-state index in [0.29, 0.717) is 0 Å². The fraction of sp³-hybridized carbons (Fsp3) is 0.353. The second kappa shape index (κ2) is 8.19. The maximum absolute atomic E-state index is 14.5. The molecule has 0 spiro atoms. The van der Waals surface area contributed by atoms with Gasteiger partial charge in [0.1, 0.15) is 17.5 Å². The van der Waals surface area contributed by atoms with Gasteiger partial charge in [0, 0.05) is 19.6 Å². The molecular weight excluding hydrogens is 374 g/mol. The molecule has 2 atom stereocenters. The zero-order chi connectivity index (χ0) is 20.3. The molecule has 1 aromatic carbocycles. The average Bonchev–Trinajstić information content (AvgIpc) is 3.30. The first-order valence-corrected chi connectivity index (χ1v) is 7.81. The molecule has 1 N–H and O–H groups in total. The van der Waals surface area contributed by atoms with Crippen molar-refractivity contribution in [1.29, 1.82) is 0 Å². The fourth-order valence-corrected chi connectivity index (χ4v) is 2.03. The van der Waals surface area contributed by atoms with E-state index < -0.39 is 64.2 Å². The van der Waals surface area contributed by atoms with E-state index >= 15 is 0 Å². The first kappa shape index (κ1) is 20.4. The number of halogens is 4. The number of nitrogens with zero attached hydrogens (tertiary/aromatic N) is 1. The molecule has 6 nitrogen and oxygen atoms in total. The van der Waals surface area contributed by atoms with Crippen molar-refractivity contribution in [1.82, 2.24) is 0 Å². The highest BCUT2D eigenvalue weighted by molar-refractivity contribution is 6.15. The molecule has 0 saturated heterocycles. The number of hydrogen-bond acceptors (Lipinski definition) is 6. The van der Waals surface area contributed by atoms with E-state index in [1.54, 1.807) is 0 Å². The highest BCUT2D eigenvalue weighted by Gasteiger charge is 2.37. The first-order chi connectivity index (χ1) is 12.7. The molecule has 1 aliphatic carbocycles. The Kier molecular flexibility index (Phi) is 6.19. The van der Waals surface area contributed by atoms with Crippen LogP contribution in [0.2, 0.25) is 0 Å². The lowest BCUT2D eigenvalue weighted by atomic mass is 10.1. The average molecular weight is 389 g/mol. The Morgan fingerprint density at radius 2 is 1.96 bits per heavy atom. The molecule has 0 heterocycles. The van der Waals surface area contributed by atoms with Crippen molar-refractivity contribution >= 4 is 23.9 Å². The summed E-state index contributed by atoms with van der Waals surface area (Å²) in [4.78, 5) is 26.7. The van der Waals surface area contributed by atoms with Crippen molar-refractivity contribution in [2.45, 2.75) is 32.5 Å². The Morgan fingerprint density at radius 3 is 2.48 bits per heavy atom. The van der Waals surface area contributed by atoms with Gasteiger partial charge in [-0.25, -0.2) is 18.0 Å². The molecule has 2 unspecified atom stereocenters. The Morgan fingerprint density at radius 1 is 1.33 bits per heavy atom. The summed E-state index contributed by atoms with van der Waals surface area (Å²) in [6, 6.07) is -0.455. The van der Waals surface area contributed by atoms with Gasteiger partial charge in [-0.3, -0.25) is 9.79 Å². The number of hydrogen-bond donors (Lipinski definition) is 1. The molecule has 10 heteroatoms. The van der Waals surface area contributed by atoms with Gasteiger partial charge in [-0.05, 0) is 13.0 Å². The summed E-state index contributed by atoms with van der Waals surface area (Å²) in [5.74, 6) is -9.85. The molecule has 1 saturated carbocycles. The predicted octanol–water partition coefficient (Wildman–Crippen LogP) is 3.04. The van der Waals surface area contributed by atoms with Gasteiger partial charge in [0.2, 0.25) is 11.6 Å². The molecular formula is C17H15F4NO5. The van der Waals surface area contributed by atoms with Gasteiger partial charge in [0.05, 0.1) is 18.2 Å². The van der Waals surface area contributed by atoms with Gasteiger partial charge in [-0.1, -0.05) is 0 Å². The van der Waals surface area contributed by atoms with Crippen molar-refractivity contribution in [3.05, 3.63) is 34.7 Å². The third-order valence-corrected chi connectivity index (χ3v) is 3.44. The topological polar surface area (TPSA) is 85.2 Å². The summed E-state index contributed by atoms with van der Waals surface area (Å²) in [7, 11) is 0. The van der Waals surface area contributed by atoms with Crippen LogP contribution >= 0.6 is 0 Å². The van der Waals surface area contributed by atoms with Crippen LogP contribution in [0.25, 0.3) is 5.76 Å². The summed E-state index contributed by atoms with van der Waals surface area (Å²) in [5.41, 5.74) is -1.66. The molecule has 146 valence electrons. The van der Waals surface area contributed by atoms with Crippen LogP contribution in [0.15, 0.2) is 16.6 Å². The quantitative estimate of drug-likeness (QED) is 0.154. The predicted molar refractivity (Wildman–Crippen MR) is 85.6 cm³/mol. The molecule has 0 amide bonds. The minimum atomic E-state index is -1.79. The molecule has 0 aromatic heterocycles. The van der Waals surface area contributed by atoms with Crippen LogP contribution < -0.4 is 4.74 Å². The summed E-state index contributed by atoms with van der Waals surface area (Å²) in [6.45, 7) is 2.18. The lowest BCUT2D eigenvalue weighted by Gasteiger charge is -2.11. The number of alkyl halides is 1. The van der Waals surface area contributed by atoms with Gasteiger partial charge in [0.25, 0.3) is 0 Å². The monoisotopic (exact) mass is 389 g/mol. The highest BCUT2D eigenvalue weighted by atomic mass is 19.2. The van der Waals surface area contributed by atoms with E-state index in [0.717, 1.165) is 13.1 Å². The third-order valence-electron chi connectivity index (χ3n) is 3.44. The van der Waals surface area contributed by atoms with Crippen LogP contribution in [0.4, 0.5) is 17.6 Å². The minimum Gasteiger partial charge on any atom is -0.506 e. The van der Waals surface area contributed by atoms with E-state index in [1.807, 2.05) is 0 Å². The summed E-state index contributed by atoms with van der Waals surface area (Å²) in [6.07, 6.45) is -0.324. The number of ether oxygens (including phenoxy) is 2. The first-order valence-electron chi connectivity index (χ1n) is 7.81. The van der Waals surface area contributed by atoms with E-state index in [4.69, 9.17) is 4.74 Å². The van der Waals surface area contributed by atoms with Gasteiger partial charge in [0.15, 0.2) is 11.6 Å². The number of aliphatic imine (C=N–C) groups is 1. The number of esters is 2. The normalized spacial score (nSPS) is 19.6. The zero-order valence-electron chi connectivity index (χ0n) is 14.3. The van der Waals surface area contributed by atoms with Gasteiger partial charge < -0.3 is 14.6 Å². The molecule has 1 fully saturated rings. The van der Waals surface area contributed by atoms with Gasteiger partial charge in [-0.2, -0.15) is 4.39 Å².